The highest BCUT2D eigenvalue weighted by molar-refractivity contribution is 5.93. The second-order valence-electron chi connectivity index (χ2n) is 2.18. The zero-order valence-electron chi connectivity index (χ0n) is 5.65. The standard InChI is InChI=1S/C8H5NO2/c10-5-7-6-3-1-2-4-8(6)11-9-7/h1-5H. The third-order valence-electron chi connectivity index (χ3n) is 1.52. The van der Waals surface area contributed by atoms with Gasteiger partial charge in [0.15, 0.2) is 17.6 Å². The van der Waals surface area contributed by atoms with Crippen molar-refractivity contribution < 1.29 is 9.32 Å². The average Bonchev–Trinajstić information content (AvgIpc) is 2.47. The van der Waals surface area contributed by atoms with Crippen molar-refractivity contribution in [1.29, 1.82) is 0 Å². The van der Waals surface area contributed by atoms with Crippen LogP contribution >= 0.6 is 0 Å². The van der Waals surface area contributed by atoms with Crippen LogP contribution < -0.4 is 0 Å². The van der Waals surface area contributed by atoms with Crippen molar-refractivity contribution in [2.75, 3.05) is 0 Å². The molecule has 0 spiro atoms. The predicted molar refractivity (Wildman–Crippen MR) is 39.4 cm³/mol. The average molecular weight is 147 g/mol. The third kappa shape index (κ3) is 0.816. The third-order valence-corrected chi connectivity index (χ3v) is 1.52. The maximum atomic E-state index is 10.4. The molecule has 0 atom stereocenters. The number of carbonyl (C=O) groups excluding carboxylic acids is 1. The van der Waals surface area contributed by atoms with Crippen LogP contribution in [0.2, 0.25) is 0 Å². The van der Waals surface area contributed by atoms with Gasteiger partial charge in [0, 0.05) is 0 Å². The fourth-order valence-electron chi connectivity index (χ4n) is 0.990. The summed E-state index contributed by atoms with van der Waals surface area (Å²) in [4.78, 5) is 10.4. The van der Waals surface area contributed by atoms with E-state index in [1.165, 1.54) is 0 Å². The molecule has 0 aliphatic rings. The lowest BCUT2D eigenvalue weighted by molar-refractivity contribution is 0.111. The molecule has 0 aliphatic carbocycles. The molecule has 0 aliphatic heterocycles. The van der Waals surface area contributed by atoms with E-state index in [1.54, 1.807) is 12.1 Å². The molecule has 0 unspecified atom stereocenters. The first kappa shape index (κ1) is 6.09. The van der Waals surface area contributed by atoms with Crippen LogP contribution in [-0.4, -0.2) is 11.4 Å². The molecule has 0 bridgehead atoms. The van der Waals surface area contributed by atoms with E-state index in [4.69, 9.17) is 4.52 Å². The Kier molecular flexibility index (Phi) is 1.22. The molecule has 2 aromatic rings. The summed E-state index contributed by atoms with van der Waals surface area (Å²) in [6.07, 6.45) is 0.686. The fourth-order valence-corrected chi connectivity index (χ4v) is 0.990. The van der Waals surface area contributed by atoms with E-state index in [0.717, 1.165) is 5.39 Å². The normalized spacial score (nSPS) is 10.2. The van der Waals surface area contributed by atoms with Crippen molar-refractivity contribution in [2.45, 2.75) is 0 Å². The number of aldehydes is 1. The number of fused-ring (bicyclic) bond motifs is 1. The van der Waals surface area contributed by atoms with Crippen LogP contribution in [0.15, 0.2) is 28.8 Å². The molecule has 1 aromatic carbocycles. The highest BCUT2D eigenvalue weighted by Gasteiger charge is 2.03. The maximum Gasteiger partial charge on any atom is 0.172 e. The van der Waals surface area contributed by atoms with Gasteiger partial charge < -0.3 is 4.52 Å². The molecule has 0 fully saturated rings. The Morgan fingerprint density at radius 1 is 1.36 bits per heavy atom. The quantitative estimate of drug-likeness (QED) is 0.576. The molecule has 54 valence electrons. The van der Waals surface area contributed by atoms with Crippen LogP contribution in [0.4, 0.5) is 0 Å². The smallest absolute Gasteiger partial charge is 0.172 e. The van der Waals surface area contributed by atoms with Gasteiger partial charge in [-0.1, -0.05) is 17.3 Å². The van der Waals surface area contributed by atoms with Crippen molar-refractivity contribution in [3.8, 4) is 0 Å². The number of carbonyl (C=O) groups is 1. The van der Waals surface area contributed by atoms with Crippen LogP contribution in [0.3, 0.4) is 0 Å². The molecule has 0 saturated heterocycles. The Bertz CT molecular complexity index is 392. The van der Waals surface area contributed by atoms with Gasteiger partial charge in [-0.05, 0) is 12.1 Å². The molecule has 0 radical (unpaired) electrons. The van der Waals surface area contributed by atoms with Crippen molar-refractivity contribution in [3.63, 3.8) is 0 Å². The zero-order chi connectivity index (χ0) is 7.68. The molecular weight excluding hydrogens is 142 g/mol. The van der Waals surface area contributed by atoms with E-state index in [1.807, 2.05) is 12.1 Å². The minimum atomic E-state index is 0.362. The number of para-hydroxylation sites is 1. The number of hydrogen-bond acceptors (Lipinski definition) is 3. The summed E-state index contributed by atoms with van der Waals surface area (Å²) in [5, 5.41) is 4.34. The monoisotopic (exact) mass is 147 g/mol. The van der Waals surface area contributed by atoms with Gasteiger partial charge in [0.05, 0.1) is 5.39 Å². The van der Waals surface area contributed by atoms with Gasteiger partial charge in [0.2, 0.25) is 0 Å². The summed E-state index contributed by atoms with van der Waals surface area (Å²) in [5.41, 5.74) is 1.01. The summed E-state index contributed by atoms with van der Waals surface area (Å²) in [6.45, 7) is 0. The first-order chi connectivity index (χ1) is 5.42. The lowest BCUT2D eigenvalue weighted by Gasteiger charge is -1.81. The minimum absolute atomic E-state index is 0.362. The molecule has 3 heteroatoms. The summed E-state index contributed by atoms with van der Waals surface area (Å²) < 4.78 is 4.86. The highest BCUT2D eigenvalue weighted by Crippen LogP contribution is 2.15. The van der Waals surface area contributed by atoms with Gasteiger partial charge in [-0.3, -0.25) is 4.79 Å². The largest absolute Gasteiger partial charge is 0.356 e. The van der Waals surface area contributed by atoms with Crippen molar-refractivity contribution in [1.82, 2.24) is 5.16 Å². The minimum Gasteiger partial charge on any atom is -0.356 e. The van der Waals surface area contributed by atoms with E-state index in [9.17, 15) is 4.79 Å². The van der Waals surface area contributed by atoms with Crippen molar-refractivity contribution >= 4 is 17.3 Å². The molecule has 2 rings (SSSR count). The number of aromatic nitrogens is 1. The fraction of sp³-hybridized carbons (Fsp3) is 0. The van der Waals surface area contributed by atoms with Gasteiger partial charge in [-0.15, -0.1) is 0 Å². The Morgan fingerprint density at radius 3 is 3.00 bits per heavy atom. The summed E-state index contributed by atoms with van der Waals surface area (Å²) in [5.74, 6) is 0. The second-order valence-corrected chi connectivity index (χ2v) is 2.18. The molecule has 3 nitrogen and oxygen atoms in total. The first-order valence-electron chi connectivity index (χ1n) is 3.21. The van der Waals surface area contributed by atoms with Gasteiger partial charge >= 0.3 is 0 Å². The van der Waals surface area contributed by atoms with Gasteiger partial charge in [0.1, 0.15) is 0 Å². The molecule has 0 amide bonds. The van der Waals surface area contributed by atoms with E-state index in [2.05, 4.69) is 5.16 Å². The number of nitrogens with zero attached hydrogens (tertiary/aromatic N) is 1. The van der Waals surface area contributed by atoms with Gasteiger partial charge in [-0.2, -0.15) is 0 Å². The van der Waals surface area contributed by atoms with Crippen LogP contribution in [0.1, 0.15) is 10.5 Å². The summed E-state index contributed by atoms with van der Waals surface area (Å²) in [7, 11) is 0. The number of rotatable bonds is 1. The van der Waals surface area contributed by atoms with Gasteiger partial charge in [-0.25, -0.2) is 0 Å². The summed E-state index contributed by atoms with van der Waals surface area (Å²) in [6, 6.07) is 7.25. The van der Waals surface area contributed by atoms with Crippen LogP contribution in [-0.2, 0) is 0 Å². The van der Waals surface area contributed by atoms with E-state index in [0.29, 0.717) is 17.6 Å². The molecule has 0 saturated carbocycles. The Labute approximate surface area is 62.6 Å². The summed E-state index contributed by atoms with van der Waals surface area (Å²) >= 11 is 0. The van der Waals surface area contributed by atoms with Crippen LogP contribution in [0.5, 0.6) is 0 Å². The lowest BCUT2D eigenvalue weighted by atomic mass is 10.2. The number of hydrogen-bond donors (Lipinski definition) is 0. The second kappa shape index (κ2) is 2.20. The molecule has 1 heterocycles. The highest BCUT2D eigenvalue weighted by atomic mass is 16.5. The van der Waals surface area contributed by atoms with Gasteiger partial charge in [0.25, 0.3) is 0 Å². The van der Waals surface area contributed by atoms with E-state index >= 15 is 0 Å². The molecule has 11 heavy (non-hydrogen) atoms. The SMILES string of the molecule is O=Cc1noc2ccccc12. The number of benzene rings is 1. The van der Waals surface area contributed by atoms with E-state index in [-0.39, 0.29) is 0 Å². The van der Waals surface area contributed by atoms with Crippen LogP contribution in [0.25, 0.3) is 11.0 Å². The molecule has 1 aromatic heterocycles. The van der Waals surface area contributed by atoms with E-state index < -0.39 is 0 Å². The van der Waals surface area contributed by atoms with Crippen molar-refractivity contribution in [2.24, 2.45) is 0 Å². The van der Waals surface area contributed by atoms with Crippen molar-refractivity contribution in [3.05, 3.63) is 30.0 Å². The first-order valence-corrected chi connectivity index (χ1v) is 3.21. The predicted octanol–water partition coefficient (Wildman–Crippen LogP) is 1.64. The Balaban J connectivity index is 2.86. The molecule has 0 N–H and O–H groups in total. The topological polar surface area (TPSA) is 43.1 Å². The Hall–Kier alpha value is -1.64. The Morgan fingerprint density at radius 2 is 2.18 bits per heavy atom. The molecular formula is C8H5NO2. The maximum absolute atomic E-state index is 10.4. The van der Waals surface area contributed by atoms with Crippen LogP contribution in [0, 0.1) is 0 Å². The zero-order valence-corrected chi connectivity index (χ0v) is 5.65. The lowest BCUT2D eigenvalue weighted by Crippen LogP contribution is -1.76.